The van der Waals surface area contributed by atoms with E-state index in [2.05, 4.69) is 65.5 Å². The van der Waals surface area contributed by atoms with E-state index >= 15 is 0 Å². The normalized spacial score (nSPS) is 22.9. The van der Waals surface area contributed by atoms with E-state index in [1.54, 1.807) is 23.5 Å². The fourth-order valence-electron chi connectivity index (χ4n) is 6.65. The number of fused-ring (bicyclic) bond motifs is 2. The number of halogens is 1. The van der Waals surface area contributed by atoms with Crippen molar-refractivity contribution >= 4 is 20.9 Å². The number of piperidine rings is 1. The van der Waals surface area contributed by atoms with Gasteiger partial charge in [0.15, 0.2) is 0 Å². The van der Waals surface area contributed by atoms with Crippen molar-refractivity contribution in [2.75, 3.05) is 13.1 Å². The summed E-state index contributed by atoms with van der Waals surface area (Å²) in [5, 5.41) is 13.6. The molecular weight excluding hydrogens is 515 g/mol. The highest BCUT2D eigenvalue weighted by molar-refractivity contribution is 7.89. The molecule has 0 radical (unpaired) electrons. The Morgan fingerprint density at radius 2 is 1.79 bits per heavy atom. The molecule has 0 amide bonds. The van der Waals surface area contributed by atoms with Gasteiger partial charge in [0.1, 0.15) is 5.82 Å². The molecule has 0 bridgehead atoms. The van der Waals surface area contributed by atoms with Crippen molar-refractivity contribution in [3.63, 3.8) is 0 Å². The summed E-state index contributed by atoms with van der Waals surface area (Å²) in [6, 6.07) is 19.1. The van der Waals surface area contributed by atoms with E-state index < -0.39 is 10.0 Å². The summed E-state index contributed by atoms with van der Waals surface area (Å²) in [4.78, 5) is 1.27. The first kappa shape index (κ1) is 24.2. The number of hydrogen-bond donors (Lipinski definition) is 0. The minimum Gasteiger partial charge on any atom is -0.233 e. The highest BCUT2D eigenvalue weighted by Crippen LogP contribution is 2.70. The Labute approximate surface area is 225 Å². The van der Waals surface area contributed by atoms with Crippen molar-refractivity contribution in [2.24, 2.45) is 13.0 Å². The molecule has 0 spiro atoms. The summed E-state index contributed by atoms with van der Waals surface area (Å²) in [5.74, 6) is 0.0417. The average molecular weight is 543 g/mol. The van der Waals surface area contributed by atoms with Crippen LogP contribution in [0.25, 0.3) is 16.6 Å². The number of sulfonamides is 1. The van der Waals surface area contributed by atoms with Gasteiger partial charge in [-0.2, -0.15) is 19.3 Å². The van der Waals surface area contributed by atoms with Crippen LogP contribution >= 0.6 is 0 Å². The van der Waals surface area contributed by atoms with Crippen LogP contribution in [0.3, 0.4) is 0 Å². The minimum atomic E-state index is -3.78. The number of aryl methyl sites for hydroxylation is 3. The smallest absolute Gasteiger partial charge is 0.233 e. The number of benzene rings is 3. The van der Waals surface area contributed by atoms with Gasteiger partial charge in [-0.15, -0.1) is 5.10 Å². The maximum absolute atomic E-state index is 13.5. The number of rotatable bonds is 5. The quantitative estimate of drug-likeness (QED) is 0.331. The molecule has 1 saturated heterocycles. The van der Waals surface area contributed by atoms with E-state index in [1.165, 1.54) is 34.3 Å². The second kappa shape index (κ2) is 8.30. The molecule has 0 unspecified atom stereocenters. The lowest BCUT2D eigenvalue weighted by Gasteiger charge is -2.24. The molecule has 198 valence electrons. The third-order valence-corrected chi connectivity index (χ3v) is 10.1. The summed E-state index contributed by atoms with van der Waals surface area (Å²) in [6.07, 6.45) is 3.13. The molecule has 2 aromatic heterocycles. The Morgan fingerprint density at radius 1 is 1.00 bits per heavy atom. The predicted molar refractivity (Wildman–Crippen MR) is 145 cm³/mol. The molecule has 0 N–H and O–H groups in total. The van der Waals surface area contributed by atoms with Crippen LogP contribution in [0.1, 0.15) is 28.2 Å². The monoisotopic (exact) mass is 542 g/mol. The summed E-state index contributed by atoms with van der Waals surface area (Å²) < 4.78 is 44.0. The van der Waals surface area contributed by atoms with E-state index in [9.17, 15) is 12.8 Å². The maximum Gasteiger partial charge on any atom is 0.264 e. The first-order chi connectivity index (χ1) is 18.7. The zero-order chi connectivity index (χ0) is 27.1. The number of aromatic nitrogens is 5. The SMILES string of the molecule is Cc1cccc([C@@H]2[C@H]3CN(S(=O)(=O)c4cnn(C)n4)C[C@]32c2cc3cnn(-c4ccc(F)cc4)c3cc2C)c1. The van der Waals surface area contributed by atoms with Gasteiger partial charge >= 0.3 is 0 Å². The summed E-state index contributed by atoms with van der Waals surface area (Å²) in [6.45, 7) is 4.95. The first-order valence-electron chi connectivity index (χ1n) is 12.9. The van der Waals surface area contributed by atoms with Crippen molar-refractivity contribution < 1.29 is 12.8 Å². The van der Waals surface area contributed by atoms with Gasteiger partial charge in [0, 0.05) is 36.9 Å². The van der Waals surface area contributed by atoms with Crippen LogP contribution in [-0.2, 0) is 22.5 Å². The molecule has 8 nitrogen and oxygen atoms in total. The Hall–Kier alpha value is -3.89. The Kier molecular flexibility index (Phi) is 5.15. The highest BCUT2D eigenvalue weighted by atomic mass is 32.2. The van der Waals surface area contributed by atoms with Gasteiger partial charge in [0.25, 0.3) is 10.0 Å². The molecule has 3 heterocycles. The van der Waals surface area contributed by atoms with Crippen LogP contribution in [0.15, 0.2) is 78.1 Å². The van der Waals surface area contributed by atoms with Crippen molar-refractivity contribution in [1.29, 1.82) is 0 Å². The van der Waals surface area contributed by atoms with E-state index in [0.717, 1.165) is 27.7 Å². The molecule has 3 atom stereocenters. The summed E-state index contributed by atoms with van der Waals surface area (Å²) in [5.41, 5.74) is 5.97. The molecule has 3 aromatic carbocycles. The van der Waals surface area contributed by atoms with Crippen LogP contribution in [0.2, 0.25) is 0 Å². The van der Waals surface area contributed by atoms with Gasteiger partial charge in [-0.1, -0.05) is 29.8 Å². The lowest BCUT2D eigenvalue weighted by atomic mass is 9.86. The third-order valence-electron chi connectivity index (χ3n) is 8.42. The number of hydrogen-bond acceptors (Lipinski definition) is 5. The molecule has 39 heavy (non-hydrogen) atoms. The highest BCUT2D eigenvalue weighted by Gasteiger charge is 2.71. The fraction of sp³-hybridized carbons (Fsp3) is 0.276. The molecule has 7 rings (SSSR count). The Morgan fingerprint density at radius 3 is 2.51 bits per heavy atom. The topological polar surface area (TPSA) is 85.9 Å². The molecular formula is C29H27FN6O2S. The zero-order valence-electron chi connectivity index (χ0n) is 21.8. The van der Waals surface area contributed by atoms with Crippen LogP contribution in [0.5, 0.6) is 0 Å². The van der Waals surface area contributed by atoms with Gasteiger partial charge in [-0.3, -0.25) is 0 Å². The molecule has 5 aromatic rings. The van der Waals surface area contributed by atoms with E-state index in [4.69, 9.17) is 0 Å². The Balaban J connectivity index is 1.34. The molecule has 10 heteroatoms. The van der Waals surface area contributed by atoms with Crippen molar-refractivity contribution in [1.82, 2.24) is 29.1 Å². The summed E-state index contributed by atoms with van der Waals surface area (Å²) >= 11 is 0. The lowest BCUT2D eigenvalue weighted by Crippen LogP contribution is -2.35. The van der Waals surface area contributed by atoms with Gasteiger partial charge < -0.3 is 0 Å². The average Bonchev–Trinajstić information content (AvgIpc) is 3.33. The van der Waals surface area contributed by atoms with E-state index in [-0.39, 0.29) is 28.1 Å². The fourth-order valence-corrected chi connectivity index (χ4v) is 8.06. The second-order valence-corrected chi connectivity index (χ2v) is 12.7. The second-order valence-electron chi connectivity index (χ2n) is 10.8. The number of nitrogens with zero attached hydrogens (tertiary/aromatic N) is 6. The summed E-state index contributed by atoms with van der Waals surface area (Å²) in [7, 11) is -2.17. The first-order valence-corrected chi connectivity index (χ1v) is 14.3. The van der Waals surface area contributed by atoms with Crippen LogP contribution < -0.4 is 0 Å². The standard InChI is InChI=1S/C29H27FN6O2S/c1-18-5-4-6-20(11-18)28-25-16-35(39(37,38)27-15-31-34(3)33-27)17-29(25,28)24-13-21-14-32-36(26(21)12-19(24)2)23-9-7-22(30)8-10-23/h4-15,25,28H,16-17H2,1-3H3/t25-,28-,29+/m1/s1. The van der Waals surface area contributed by atoms with Crippen molar-refractivity contribution in [3.8, 4) is 5.69 Å². The molecule has 2 fully saturated rings. The minimum absolute atomic E-state index is 0.0266. The Bertz CT molecular complexity index is 1860. The van der Waals surface area contributed by atoms with Gasteiger partial charge in [-0.25, -0.2) is 17.5 Å². The predicted octanol–water partition coefficient (Wildman–Crippen LogP) is 4.27. The molecule has 1 aliphatic carbocycles. The van der Waals surface area contributed by atoms with Crippen LogP contribution in [0, 0.1) is 25.6 Å². The van der Waals surface area contributed by atoms with Crippen molar-refractivity contribution in [3.05, 3.63) is 101 Å². The largest absolute Gasteiger partial charge is 0.264 e. The van der Waals surface area contributed by atoms with Gasteiger partial charge in [0.2, 0.25) is 5.03 Å². The molecule has 2 aliphatic rings. The van der Waals surface area contributed by atoms with Crippen LogP contribution in [0.4, 0.5) is 4.39 Å². The molecule has 1 saturated carbocycles. The van der Waals surface area contributed by atoms with Gasteiger partial charge in [0.05, 0.1) is 23.6 Å². The van der Waals surface area contributed by atoms with Crippen molar-refractivity contribution in [2.45, 2.75) is 30.2 Å². The van der Waals surface area contributed by atoms with E-state index in [1.807, 2.05) is 10.9 Å². The van der Waals surface area contributed by atoms with Crippen LogP contribution in [-0.4, -0.2) is 50.6 Å². The third kappa shape index (κ3) is 3.58. The zero-order valence-corrected chi connectivity index (χ0v) is 22.6. The molecule has 1 aliphatic heterocycles. The maximum atomic E-state index is 13.5. The lowest BCUT2D eigenvalue weighted by molar-refractivity contribution is 0.418. The van der Waals surface area contributed by atoms with Gasteiger partial charge in [-0.05, 0) is 72.9 Å². The van der Waals surface area contributed by atoms with E-state index in [0.29, 0.717) is 13.1 Å².